The standard InChI is InChI=1S/C30H35N3O6S.CH4/c1-32(2)30(35)20-38-25-12-11-22-6-5-7-24(17-23(22)18-25)33(14-15-34)27-9-4-3-8-26(27)31-40(36,37)29-16-21-10-13-28(29)39-19-21;/h3-4,8-13,16,18,24,31,34H,5-7,14-15,17,19-20H2,1-2H3;1H4. The summed E-state index contributed by atoms with van der Waals surface area (Å²) in [4.78, 5) is 15.7. The van der Waals surface area contributed by atoms with Crippen molar-refractivity contribution in [1.29, 1.82) is 0 Å². The largest absolute Gasteiger partial charge is 0.487 e. The smallest absolute Gasteiger partial charge is 0.265 e. The number of rotatable bonds is 10. The maximum absolute atomic E-state index is 13.4. The van der Waals surface area contributed by atoms with E-state index >= 15 is 0 Å². The van der Waals surface area contributed by atoms with Crippen LogP contribution in [-0.4, -0.2) is 64.2 Å². The maximum Gasteiger partial charge on any atom is 0.265 e. The number of para-hydroxylation sites is 2. The average Bonchev–Trinajstić information content (AvgIpc) is 3.17. The molecule has 1 aliphatic carbocycles. The fraction of sp³-hybridized carbons (Fsp3) is 0.387. The van der Waals surface area contributed by atoms with Crippen LogP contribution in [0.1, 0.15) is 37.0 Å². The highest BCUT2D eigenvalue weighted by molar-refractivity contribution is 7.92. The molecule has 3 aliphatic rings. The lowest BCUT2D eigenvalue weighted by atomic mass is 10.00. The SMILES string of the molecule is C.CN(C)C(=O)COc1ccc2c(c1)CC(N(CCO)c1ccccc1NS(=O)(=O)c1cc3ccc1OC3)CCC2. The van der Waals surface area contributed by atoms with Crippen molar-refractivity contribution in [2.75, 3.05) is 43.5 Å². The first-order valence-electron chi connectivity index (χ1n) is 13.4. The van der Waals surface area contributed by atoms with Crippen LogP contribution in [0.25, 0.3) is 0 Å². The van der Waals surface area contributed by atoms with Gasteiger partial charge in [0, 0.05) is 26.7 Å². The Morgan fingerprint density at radius 1 is 1.10 bits per heavy atom. The average molecular weight is 582 g/mol. The van der Waals surface area contributed by atoms with E-state index < -0.39 is 10.0 Å². The molecule has 3 aromatic rings. The number of anilines is 2. The van der Waals surface area contributed by atoms with Crippen LogP contribution in [0.4, 0.5) is 11.4 Å². The van der Waals surface area contributed by atoms with Crippen molar-refractivity contribution < 1.29 is 27.8 Å². The minimum absolute atomic E-state index is 0. The summed E-state index contributed by atoms with van der Waals surface area (Å²) in [5.74, 6) is 0.855. The topological polar surface area (TPSA) is 108 Å². The van der Waals surface area contributed by atoms with Crippen molar-refractivity contribution in [3.8, 4) is 11.5 Å². The van der Waals surface area contributed by atoms with E-state index in [0.717, 1.165) is 30.4 Å². The van der Waals surface area contributed by atoms with Gasteiger partial charge in [-0.1, -0.05) is 31.7 Å². The highest BCUT2D eigenvalue weighted by Crippen LogP contribution is 2.36. The number of amides is 1. The summed E-state index contributed by atoms with van der Waals surface area (Å²) in [5, 5.41) is 10.0. The molecule has 2 aliphatic heterocycles. The minimum atomic E-state index is -3.91. The lowest BCUT2D eigenvalue weighted by molar-refractivity contribution is -0.130. The molecular formula is C31H39N3O6S. The minimum Gasteiger partial charge on any atom is -0.487 e. The second-order valence-electron chi connectivity index (χ2n) is 10.4. The molecule has 0 fully saturated rings. The zero-order valence-corrected chi connectivity index (χ0v) is 23.6. The number of carbonyl (C=O) groups is 1. The molecule has 3 aromatic carbocycles. The number of nitrogens with zero attached hydrogens (tertiary/aromatic N) is 2. The molecule has 0 radical (unpaired) electrons. The molecule has 9 nitrogen and oxygen atoms in total. The number of sulfonamides is 1. The number of aliphatic hydroxyl groups excluding tert-OH is 1. The number of carbonyl (C=O) groups excluding carboxylic acids is 1. The monoisotopic (exact) mass is 581 g/mol. The molecule has 1 amide bonds. The summed E-state index contributed by atoms with van der Waals surface area (Å²) in [5.41, 5.74) is 4.30. The van der Waals surface area contributed by atoms with E-state index in [0.29, 0.717) is 42.4 Å². The first kappa shape index (κ1) is 30.2. The quantitative estimate of drug-likeness (QED) is 0.345. The van der Waals surface area contributed by atoms with E-state index in [2.05, 4.69) is 15.7 Å². The lowest BCUT2D eigenvalue weighted by Crippen LogP contribution is -2.39. The fourth-order valence-electron chi connectivity index (χ4n) is 5.30. The Bertz CT molecular complexity index is 1490. The van der Waals surface area contributed by atoms with Gasteiger partial charge in [-0.05, 0) is 78.8 Å². The number of hydrogen-bond acceptors (Lipinski definition) is 7. The number of benzene rings is 3. The van der Waals surface area contributed by atoms with Gasteiger partial charge in [-0.3, -0.25) is 9.52 Å². The highest BCUT2D eigenvalue weighted by atomic mass is 32.2. The maximum atomic E-state index is 13.4. The Morgan fingerprint density at radius 3 is 2.59 bits per heavy atom. The van der Waals surface area contributed by atoms with Gasteiger partial charge in [0.15, 0.2) is 6.61 Å². The summed E-state index contributed by atoms with van der Waals surface area (Å²) in [7, 11) is -0.521. The molecule has 2 N–H and O–H groups in total. The molecule has 2 heterocycles. The third-order valence-corrected chi connectivity index (χ3v) is 8.80. The normalized spacial score (nSPS) is 15.5. The van der Waals surface area contributed by atoms with E-state index in [-0.39, 0.29) is 37.5 Å². The lowest BCUT2D eigenvalue weighted by Gasteiger charge is -2.34. The predicted octanol–water partition coefficient (Wildman–Crippen LogP) is 4.23. The van der Waals surface area contributed by atoms with Crippen LogP contribution in [0.5, 0.6) is 11.5 Å². The molecule has 220 valence electrons. The van der Waals surface area contributed by atoms with Gasteiger partial charge in [-0.15, -0.1) is 0 Å². The molecule has 0 spiro atoms. The van der Waals surface area contributed by atoms with Crippen molar-refractivity contribution in [1.82, 2.24) is 4.90 Å². The molecule has 10 heteroatoms. The molecule has 2 bridgehead atoms. The molecule has 41 heavy (non-hydrogen) atoms. The summed E-state index contributed by atoms with van der Waals surface area (Å²) < 4.78 is 41.0. The number of fused-ring (bicyclic) bond motifs is 4. The van der Waals surface area contributed by atoms with Gasteiger partial charge >= 0.3 is 0 Å². The van der Waals surface area contributed by atoms with Crippen LogP contribution < -0.4 is 19.1 Å². The van der Waals surface area contributed by atoms with Gasteiger partial charge < -0.3 is 24.4 Å². The Kier molecular flexibility index (Phi) is 9.45. The highest BCUT2D eigenvalue weighted by Gasteiger charge is 2.28. The van der Waals surface area contributed by atoms with Crippen LogP contribution in [-0.2, 0) is 34.3 Å². The van der Waals surface area contributed by atoms with Gasteiger partial charge in [0.2, 0.25) is 0 Å². The Hall–Kier alpha value is -3.76. The van der Waals surface area contributed by atoms with E-state index in [4.69, 9.17) is 9.47 Å². The number of ether oxygens (including phenoxy) is 2. The van der Waals surface area contributed by atoms with Gasteiger partial charge in [-0.25, -0.2) is 8.42 Å². The first-order chi connectivity index (χ1) is 19.2. The summed E-state index contributed by atoms with van der Waals surface area (Å²) in [6.07, 6.45) is 3.41. The second kappa shape index (κ2) is 12.8. The van der Waals surface area contributed by atoms with Gasteiger partial charge in [0.05, 0.1) is 18.0 Å². The summed E-state index contributed by atoms with van der Waals surface area (Å²) in [6.45, 7) is 0.596. The van der Waals surface area contributed by atoms with Crippen LogP contribution in [0.3, 0.4) is 0 Å². The fourth-order valence-corrected chi connectivity index (χ4v) is 6.57. The Balaban J connectivity index is 0.00000387. The molecule has 6 rings (SSSR count). The summed E-state index contributed by atoms with van der Waals surface area (Å²) >= 11 is 0. The third-order valence-electron chi connectivity index (χ3n) is 7.41. The second-order valence-corrected chi connectivity index (χ2v) is 12.0. The zero-order valence-electron chi connectivity index (χ0n) is 22.8. The van der Waals surface area contributed by atoms with Crippen LogP contribution >= 0.6 is 0 Å². The first-order valence-corrected chi connectivity index (χ1v) is 14.9. The van der Waals surface area contributed by atoms with Crippen molar-refractivity contribution in [2.45, 2.75) is 50.7 Å². The van der Waals surface area contributed by atoms with Gasteiger partial charge in [0.25, 0.3) is 15.9 Å². The number of aryl methyl sites for hydroxylation is 1. The number of likely N-dealkylation sites (N-methyl/N-ethyl adjacent to an activating group) is 1. The molecular weight excluding hydrogens is 542 g/mol. The molecule has 0 aromatic heterocycles. The molecule has 1 atom stereocenters. The van der Waals surface area contributed by atoms with Crippen LogP contribution in [0.15, 0.2) is 65.6 Å². The Morgan fingerprint density at radius 2 is 1.90 bits per heavy atom. The van der Waals surface area contributed by atoms with E-state index in [1.165, 1.54) is 10.5 Å². The van der Waals surface area contributed by atoms with Crippen LogP contribution in [0.2, 0.25) is 0 Å². The zero-order chi connectivity index (χ0) is 28.3. The Labute approximate surface area is 242 Å². The van der Waals surface area contributed by atoms with E-state index in [1.807, 2.05) is 30.3 Å². The van der Waals surface area contributed by atoms with Gasteiger partial charge in [-0.2, -0.15) is 0 Å². The number of nitrogens with one attached hydrogen (secondary N) is 1. The molecule has 0 saturated carbocycles. The number of aliphatic hydroxyl groups is 1. The van der Waals surface area contributed by atoms with Gasteiger partial charge in [0.1, 0.15) is 23.0 Å². The van der Waals surface area contributed by atoms with Crippen LogP contribution in [0, 0.1) is 0 Å². The van der Waals surface area contributed by atoms with E-state index in [1.54, 1.807) is 38.4 Å². The third kappa shape index (κ3) is 6.77. The predicted molar refractivity (Wildman–Crippen MR) is 160 cm³/mol. The summed E-state index contributed by atoms with van der Waals surface area (Å²) in [6, 6.07) is 18.4. The van der Waals surface area contributed by atoms with Crippen molar-refractivity contribution >= 4 is 27.3 Å². The van der Waals surface area contributed by atoms with Crippen molar-refractivity contribution in [2.24, 2.45) is 0 Å². The molecule has 1 unspecified atom stereocenters. The molecule has 0 saturated heterocycles. The van der Waals surface area contributed by atoms with Crippen molar-refractivity contribution in [3.63, 3.8) is 0 Å². The van der Waals surface area contributed by atoms with Crippen molar-refractivity contribution in [3.05, 3.63) is 77.4 Å². The number of hydrogen-bond donors (Lipinski definition) is 2. The van der Waals surface area contributed by atoms with E-state index in [9.17, 15) is 18.3 Å².